The molecule has 0 saturated heterocycles. The van der Waals surface area contributed by atoms with Gasteiger partial charge in [-0.05, 0) is 54.5 Å². The number of nitrogens with one attached hydrogen (secondary N) is 1. The highest BCUT2D eigenvalue weighted by molar-refractivity contribution is 7.92. The summed E-state index contributed by atoms with van der Waals surface area (Å²) in [5.74, 6) is 0.671. The molecule has 144 valence electrons. The number of carbonyl (C=O) groups excluding carboxylic acids is 1. The fourth-order valence-corrected chi connectivity index (χ4v) is 2.97. The first kappa shape index (κ1) is 20.7. The molecule has 0 aliphatic heterocycles. The molecule has 0 spiro atoms. The molecule has 0 aromatic heterocycles. The van der Waals surface area contributed by atoms with Crippen LogP contribution in [-0.4, -0.2) is 27.1 Å². The summed E-state index contributed by atoms with van der Waals surface area (Å²) in [7, 11) is -3.33. The minimum atomic E-state index is -3.33. The van der Waals surface area contributed by atoms with Gasteiger partial charge in [0, 0.05) is 11.3 Å². The lowest BCUT2D eigenvalue weighted by Crippen LogP contribution is -2.09. The highest BCUT2D eigenvalue weighted by Gasteiger charge is 2.05. The van der Waals surface area contributed by atoms with Crippen molar-refractivity contribution >= 4 is 27.6 Å². The Bertz CT molecular complexity index is 869. The molecule has 0 saturated carbocycles. The quantitative estimate of drug-likeness (QED) is 0.369. The van der Waals surface area contributed by atoms with Crippen LogP contribution in [0.25, 0.3) is 6.08 Å². The summed E-state index contributed by atoms with van der Waals surface area (Å²) in [6.07, 6.45) is 7.69. The number of hydrogen-bond acceptors (Lipinski definition) is 4. The van der Waals surface area contributed by atoms with Crippen molar-refractivity contribution in [2.75, 3.05) is 17.6 Å². The third-order valence-corrected chi connectivity index (χ3v) is 4.40. The third kappa shape index (κ3) is 7.66. The molecular weight excluding hydrogens is 362 g/mol. The van der Waals surface area contributed by atoms with Crippen LogP contribution in [0, 0.1) is 0 Å². The summed E-state index contributed by atoms with van der Waals surface area (Å²) in [6.45, 7) is 2.87. The summed E-state index contributed by atoms with van der Waals surface area (Å²) in [5, 5.41) is 0. The zero-order chi connectivity index (χ0) is 19.7. The summed E-state index contributed by atoms with van der Waals surface area (Å²) >= 11 is 0. The fourth-order valence-electron chi connectivity index (χ4n) is 2.40. The summed E-state index contributed by atoms with van der Waals surface area (Å²) in [5.41, 5.74) is 1.81. The molecule has 0 heterocycles. The van der Waals surface area contributed by atoms with E-state index in [0.29, 0.717) is 17.9 Å². The minimum Gasteiger partial charge on any atom is -0.494 e. The van der Waals surface area contributed by atoms with Gasteiger partial charge in [-0.1, -0.05) is 38.0 Å². The van der Waals surface area contributed by atoms with Gasteiger partial charge in [-0.15, -0.1) is 0 Å². The monoisotopic (exact) mass is 387 g/mol. The molecule has 0 aliphatic rings. The van der Waals surface area contributed by atoms with Gasteiger partial charge in [-0.25, -0.2) is 8.42 Å². The molecule has 0 bridgehead atoms. The van der Waals surface area contributed by atoms with E-state index in [4.69, 9.17) is 4.74 Å². The molecule has 0 atom stereocenters. The van der Waals surface area contributed by atoms with E-state index in [1.54, 1.807) is 30.3 Å². The van der Waals surface area contributed by atoms with Gasteiger partial charge in [-0.2, -0.15) is 0 Å². The number of sulfonamides is 1. The molecule has 6 heteroatoms. The first-order chi connectivity index (χ1) is 12.9. The number of allylic oxidation sites excluding steroid dienone is 1. The van der Waals surface area contributed by atoms with Crippen molar-refractivity contribution in [3.63, 3.8) is 0 Å². The van der Waals surface area contributed by atoms with Crippen LogP contribution in [0.4, 0.5) is 5.69 Å². The predicted octanol–water partition coefficient (Wildman–Crippen LogP) is 4.52. The van der Waals surface area contributed by atoms with E-state index < -0.39 is 10.0 Å². The predicted molar refractivity (Wildman–Crippen MR) is 110 cm³/mol. The number of ketones is 1. The van der Waals surface area contributed by atoms with E-state index in [1.165, 1.54) is 6.08 Å². The standard InChI is InChI=1S/C21H25NO4S/c1-3-4-5-16-26-20-13-6-17(7-14-20)8-15-21(23)18-9-11-19(12-10-18)22-27(2,24)25/h6-15,22H,3-5,16H2,1-2H3. The van der Waals surface area contributed by atoms with Crippen LogP contribution < -0.4 is 9.46 Å². The molecule has 2 rings (SSSR count). The number of benzene rings is 2. The minimum absolute atomic E-state index is 0.152. The summed E-state index contributed by atoms with van der Waals surface area (Å²) in [6, 6.07) is 13.9. The van der Waals surface area contributed by atoms with Crippen molar-refractivity contribution in [1.29, 1.82) is 0 Å². The van der Waals surface area contributed by atoms with Crippen LogP contribution >= 0.6 is 0 Å². The Morgan fingerprint density at radius 3 is 2.30 bits per heavy atom. The van der Waals surface area contributed by atoms with Crippen molar-refractivity contribution in [3.05, 3.63) is 65.7 Å². The third-order valence-electron chi connectivity index (χ3n) is 3.80. The van der Waals surface area contributed by atoms with Gasteiger partial charge in [0.2, 0.25) is 10.0 Å². The average Bonchev–Trinajstić information content (AvgIpc) is 2.63. The SMILES string of the molecule is CCCCCOc1ccc(C=CC(=O)c2ccc(NS(C)(=O)=O)cc2)cc1. The number of carbonyl (C=O) groups is 1. The van der Waals surface area contributed by atoms with E-state index >= 15 is 0 Å². The Morgan fingerprint density at radius 2 is 1.70 bits per heavy atom. The summed E-state index contributed by atoms with van der Waals surface area (Å²) < 4.78 is 30.4. The molecule has 27 heavy (non-hydrogen) atoms. The molecule has 1 N–H and O–H groups in total. The van der Waals surface area contributed by atoms with Crippen LogP contribution in [-0.2, 0) is 10.0 Å². The maximum atomic E-state index is 12.2. The normalized spacial score (nSPS) is 11.5. The molecule has 2 aromatic carbocycles. The largest absolute Gasteiger partial charge is 0.494 e. The van der Waals surface area contributed by atoms with E-state index in [0.717, 1.165) is 36.8 Å². The Labute approximate surface area is 161 Å². The number of unbranched alkanes of at least 4 members (excludes halogenated alkanes) is 2. The first-order valence-corrected chi connectivity index (χ1v) is 10.8. The van der Waals surface area contributed by atoms with Crippen LogP contribution in [0.15, 0.2) is 54.6 Å². The lowest BCUT2D eigenvalue weighted by Gasteiger charge is -2.05. The average molecular weight is 388 g/mol. The van der Waals surface area contributed by atoms with Crippen LogP contribution in [0.1, 0.15) is 42.1 Å². The molecule has 2 aromatic rings. The van der Waals surface area contributed by atoms with Gasteiger partial charge in [0.1, 0.15) is 5.75 Å². The second-order valence-corrected chi connectivity index (χ2v) is 8.02. The Kier molecular flexibility index (Phi) is 7.61. The maximum absolute atomic E-state index is 12.2. The zero-order valence-corrected chi connectivity index (χ0v) is 16.5. The topological polar surface area (TPSA) is 72.5 Å². The van der Waals surface area contributed by atoms with Crippen molar-refractivity contribution in [2.45, 2.75) is 26.2 Å². The van der Waals surface area contributed by atoms with Gasteiger partial charge in [0.25, 0.3) is 0 Å². The smallest absolute Gasteiger partial charge is 0.229 e. The van der Waals surface area contributed by atoms with Gasteiger partial charge in [-0.3, -0.25) is 9.52 Å². The Morgan fingerprint density at radius 1 is 1.04 bits per heavy atom. The zero-order valence-electron chi connectivity index (χ0n) is 15.6. The van der Waals surface area contributed by atoms with Gasteiger partial charge in [0.15, 0.2) is 5.78 Å². The second kappa shape index (κ2) is 9.92. The Balaban J connectivity index is 1.92. The maximum Gasteiger partial charge on any atom is 0.229 e. The molecule has 0 unspecified atom stereocenters. The van der Waals surface area contributed by atoms with E-state index in [9.17, 15) is 13.2 Å². The van der Waals surface area contributed by atoms with Crippen LogP contribution in [0.2, 0.25) is 0 Å². The van der Waals surface area contributed by atoms with Crippen LogP contribution in [0.5, 0.6) is 5.75 Å². The first-order valence-electron chi connectivity index (χ1n) is 8.90. The molecule has 5 nitrogen and oxygen atoms in total. The van der Waals surface area contributed by atoms with Gasteiger partial charge in [0.05, 0.1) is 12.9 Å². The van der Waals surface area contributed by atoms with Gasteiger partial charge >= 0.3 is 0 Å². The second-order valence-electron chi connectivity index (χ2n) is 6.27. The lowest BCUT2D eigenvalue weighted by molar-refractivity contribution is 0.104. The van der Waals surface area contributed by atoms with Gasteiger partial charge < -0.3 is 4.74 Å². The number of ether oxygens (including phenoxy) is 1. The molecule has 0 aliphatic carbocycles. The molecule has 0 radical (unpaired) electrons. The summed E-state index contributed by atoms with van der Waals surface area (Å²) in [4.78, 5) is 12.2. The number of anilines is 1. The van der Waals surface area contributed by atoms with E-state index in [2.05, 4.69) is 11.6 Å². The number of rotatable bonds is 10. The van der Waals surface area contributed by atoms with E-state index in [-0.39, 0.29) is 5.78 Å². The number of hydrogen-bond donors (Lipinski definition) is 1. The fraction of sp³-hybridized carbons (Fsp3) is 0.286. The molecule has 0 fully saturated rings. The van der Waals surface area contributed by atoms with E-state index in [1.807, 2.05) is 24.3 Å². The lowest BCUT2D eigenvalue weighted by atomic mass is 10.1. The van der Waals surface area contributed by atoms with Crippen molar-refractivity contribution in [3.8, 4) is 5.75 Å². The highest BCUT2D eigenvalue weighted by Crippen LogP contribution is 2.15. The molecular formula is C21H25NO4S. The molecule has 0 amide bonds. The van der Waals surface area contributed by atoms with Crippen molar-refractivity contribution in [1.82, 2.24) is 0 Å². The van der Waals surface area contributed by atoms with Crippen molar-refractivity contribution in [2.24, 2.45) is 0 Å². The van der Waals surface area contributed by atoms with Crippen LogP contribution in [0.3, 0.4) is 0 Å². The highest BCUT2D eigenvalue weighted by atomic mass is 32.2. The Hall–Kier alpha value is -2.60. The van der Waals surface area contributed by atoms with Crippen molar-refractivity contribution < 1.29 is 17.9 Å².